The predicted molar refractivity (Wildman–Crippen MR) is 137 cm³/mol. The Morgan fingerprint density at radius 3 is 1.94 bits per heavy atom. The number of halogens is 1. The SMILES string of the molecule is COc1ccc(-c2c(-c3ccc(Cl)cc3)cn3ccc4cc(OC)c(OC)cc4c23)cc1OC. The van der Waals surface area contributed by atoms with Crippen molar-refractivity contribution in [3.05, 3.63) is 78.1 Å². The van der Waals surface area contributed by atoms with E-state index in [1.165, 1.54) is 0 Å². The zero-order valence-corrected chi connectivity index (χ0v) is 20.1. The fourth-order valence-electron chi connectivity index (χ4n) is 4.45. The van der Waals surface area contributed by atoms with E-state index in [0.717, 1.165) is 38.5 Å². The Morgan fingerprint density at radius 1 is 0.647 bits per heavy atom. The maximum atomic E-state index is 6.19. The summed E-state index contributed by atoms with van der Waals surface area (Å²) in [6.07, 6.45) is 4.20. The first-order valence-corrected chi connectivity index (χ1v) is 11.1. The summed E-state index contributed by atoms with van der Waals surface area (Å²) < 4.78 is 24.4. The van der Waals surface area contributed by atoms with Crippen LogP contribution in [0.25, 0.3) is 38.5 Å². The van der Waals surface area contributed by atoms with Crippen LogP contribution in [0, 0.1) is 0 Å². The van der Waals surface area contributed by atoms with Gasteiger partial charge < -0.3 is 23.3 Å². The highest BCUT2D eigenvalue weighted by molar-refractivity contribution is 6.30. The number of methoxy groups -OCH3 is 4. The summed E-state index contributed by atoms with van der Waals surface area (Å²) in [6, 6.07) is 20.0. The minimum absolute atomic E-state index is 0.667. The summed E-state index contributed by atoms with van der Waals surface area (Å²) in [5, 5.41) is 2.79. The number of benzene rings is 3. The first-order valence-electron chi connectivity index (χ1n) is 10.8. The summed E-state index contributed by atoms with van der Waals surface area (Å²) in [6.45, 7) is 0. The summed E-state index contributed by atoms with van der Waals surface area (Å²) in [5.74, 6) is 2.71. The van der Waals surface area contributed by atoms with Crippen molar-refractivity contribution in [1.29, 1.82) is 0 Å². The Balaban J connectivity index is 1.90. The molecule has 0 bridgehead atoms. The van der Waals surface area contributed by atoms with E-state index >= 15 is 0 Å². The lowest BCUT2D eigenvalue weighted by Gasteiger charge is -2.13. The Morgan fingerprint density at radius 2 is 1.26 bits per heavy atom. The van der Waals surface area contributed by atoms with Crippen LogP contribution in [0.5, 0.6) is 23.0 Å². The molecular weight excluding hydrogens is 450 g/mol. The van der Waals surface area contributed by atoms with Gasteiger partial charge in [0.05, 0.1) is 34.0 Å². The molecule has 0 aliphatic heterocycles. The largest absolute Gasteiger partial charge is 0.493 e. The molecule has 0 N–H and O–H groups in total. The second-order valence-corrected chi connectivity index (χ2v) is 8.30. The van der Waals surface area contributed by atoms with Crippen molar-refractivity contribution in [3.63, 3.8) is 0 Å². The molecule has 5 aromatic rings. The zero-order valence-electron chi connectivity index (χ0n) is 19.4. The van der Waals surface area contributed by atoms with Crippen LogP contribution in [0.2, 0.25) is 5.02 Å². The number of fused-ring (bicyclic) bond motifs is 3. The molecule has 6 heteroatoms. The molecule has 34 heavy (non-hydrogen) atoms. The third kappa shape index (κ3) is 3.58. The van der Waals surface area contributed by atoms with Crippen molar-refractivity contribution in [2.75, 3.05) is 28.4 Å². The van der Waals surface area contributed by atoms with E-state index in [1.54, 1.807) is 28.4 Å². The molecule has 0 unspecified atom stereocenters. The molecule has 0 atom stereocenters. The number of pyridine rings is 1. The number of aromatic nitrogens is 1. The lowest BCUT2D eigenvalue weighted by molar-refractivity contribution is 0.355. The average Bonchev–Trinajstić information content (AvgIpc) is 3.27. The van der Waals surface area contributed by atoms with Gasteiger partial charge in [0.1, 0.15) is 0 Å². The molecule has 0 saturated heterocycles. The van der Waals surface area contributed by atoms with Crippen molar-refractivity contribution in [2.45, 2.75) is 0 Å². The smallest absolute Gasteiger partial charge is 0.161 e. The van der Waals surface area contributed by atoms with E-state index in [1.807, 2.05) is 48.5 Å². The number of hydrogen-bond donors (Lipinski definition) is 0. The lowest BCUT2D eigenvalue weighted by atomic mass is 9.95. The Labute approximate surface area is 203 Å². The molecule has 172 valence electrons. The second kappa shape index (κ2) is 8.84. The number of ether oxygens (including phenoxy) is 4. The van der Waals surface area contributed by atoms with E-state index in [2.05, 4.69) is 28.9 Å². The molecule has 2 heterocycles. The highest BCUT2D eigenvalue weighted by Crippen LogP contribution is 2.44. The van der Waals surface area contributed by atoms with Crippen LogP contribution >= 0.6 is 11.6 Å². The molecule has 2 aromatic heterocycles. The van der Waals surface area contributed by atoms with E-state index in [4.69, 9.17) is 30.5 Å². The molecule has 0 fully saturated rings. The topological polar surface area (TPSA) is 41.3 Å². The first kappa shape index (κ1) is 22.0. The third-order valence-electron chi connectivity index (χ3n) is 6.09. The van der Waals surface area contributed by atoms with Crippen molar-refractivity contribution in [3.8, 4) is 45.3 Å². The zero-order chi connectivity index (χ0) is 23.8. The Hall–Kier alpha value is -3.83. The Kier molecular flexibility index (Phi) is 5.72. The van der Waals surface area contributed by atoms with Crippen LogP contribution in [0.1, 0.15) is 0 Å². The molecule has 5 nitrogen and oxygen atoms in total. The summed E-state index contributed by atoms with van der Waals surface area (Å²) >= 11 is 6.19. The molecule has 0 spiro atoms. The number of rotatable bonds is 6. The van der Waals surface area contributed by atoms with Crippen LogP contribution in [-0.2, 0) is 0 Å². The molecule has 3 aromatic carbocycles. The van der Waals surface area contributed by atoms with Gasteiger partial charge in [-0.15, -0.1) is 0 Å². The van der Waals surface area contributed by atoms with E-state index in [0.29, 0.717) is 28.0 Å². The van der Waals surface area contributed by atoms with Gasteiger partial charge >= 0.3 is 0 Å². The Bertz CT molecular complexity index is 1510. The van der Waals surface area contributed by atoms with Gasteiger partial charge in [0.2, 0.25) is 0 Å². The van der Waals surface area contributed by atoms with Gasteiger partial charge in [-0.1, -0.05) is 29.8 Å². The molecule has 5 rings (SSSR count). The van der Waals surface area contributed by atoms with Gasteiger partial charge in [-0.2, -0.15) is 0 Å². The van der Waals surface area contributed by atoms with Crippen molar-refractivity contribution < 1.29 is 18.9 Å². The molecule has 0 amide bonds. The highest BCUT2D eigenvalue weighted by atomic mass is 35.5. The highest BCUT2D eigenvalue weighted by Gasteiger charge is 2.20. The van der Waals surface area contributed by atoms with E-state index < -0.39 is 0 Å². The average molecular weight is 474 g/mol. The van der Waals surface area contributed by atoms with E-state index in [9.17, 15) is 0 Å². The van der Waals surface area contributed by atoms with Gasteiger partial charge in [-0.3, -0.25) is 0 Å². The normalized spacial score (nSPS) is 11.1. The maximum absolute atomic E-state index is 6.19. The quantitative estimate of drug-likeness (QED) is 0.263. The monoisotopic (exact) mass is 473 g/mol. The standard InChI is InChI=1S/C28H24ClNO4/c1-31-23-10-7-19(14-24(23)32-2)27-22(17-5-8-20(29)9-6-17)16-30-12-11-18-13-25(33-3)26(34-4)15-21(18)28(27)30/h5-16H,1-4H3. The van der Waals surface area contributed by atoms with Gasteiger partial charge in [0.25, 0.3) is 0 Å². The van der Waals surface area contributed by atoms with Crippen molar-refractivity contribution in [1.82, 2.24) is 4.40 Å². The minimum Gasteiger partial charge on any atom is -0.493 e. The van der Waals surface area contributed by atoms with Crippen LogP contribution in [0.3, 0.4) is 0 Å². The van der Waals surface area contributed by atoms with Gasteiger partial charge in [0, 0.05) is 33.9 Å². The van der Waals surface area contributed by atoms with E-state index in [-0.39, 0.29) is 0 Å². The summed E-state index contributed by atoms with van der Waals surface area (Å²) in [5.41, 5.74) is 5.27. The maximum Gasteiger partial charge on any atom is 0.161 e. The van der Waals surface area contributed by atoms with Crippen LogP contribution in [0.4, 0.5) is 0 Å². The van der Waals surface area contributed by atoms with Crippen molar-refractivity contribution >= 4 is 27.9 Å². The van der Waals surface area contributed by atoms with Crippen LogP contribution in [0.15, 0.2) is 73.1 Å². The van der Waals surface area contributed by atoms with Gasteiger partial charge in [-0.05, 0) is 59.0 Å². The molecule has 0 radical (unpaired) electrons. The fourth-order valence-corrected chi connectivity index (χ4v) is 4.57. The van der Waals surface area contributed by atoms with Gasteiger partial charge in [-0.25, -0.2) is 0 Å². The number of nitrogens with zero attached hydrogens (tertiary/aromatic N) is 1. The summed E-state index contributed by atoms with van der Waals surface area (Å²) in [4.78, 5) is 0. The van der Waals surface area contributed by atoms with Gasteiger partial charge in [0.15, 0.2) is 23.0 Å². The van der Waals surface area contributed by atoms with Crippen LogP contribution in [-0.4, -0.2) is 32.8 Å². The second-order valence-electron chi connectivity index (χ2n) is 7.86. The van der Waals surface area contributed by atoms with Crippen LogP contribution < -0.4 is 18.9 Å². The minimum atomic E-state index is 0.667. The third-order valence-corrected chi connectivity index (χ3v) is 6.34. The summed E-state index contributed by atoms with van der Waals surface area (Å²) in [7, 11) is 6.58. The van der Waals surface area contributed by atoms with Crippen molar-refractivity contribution in [2.24, 2.45) is 0 Å². The number of hydrogen-bond acceptors (Lipinski definition) is 4. The molecule has 0 saturated carbocycles. The lowest BCUT2D eigenvalue weighted by Crippen LogP contribution is -1.93. The first-order chi connectivity index (χ1) is 16.6. The molecule has 0 aliphatic carbocycles. The molecular formula is C28H24ClNO4. The molecule has 0 aliphatic rings. The fraction of sp³-hybridized carbons (Fsp3) is 0.143. The predicted octanol–water partition coefficient (Wildman–Crippen LogP) is 7.11.